The highest BCUT2D eigenvalue weighted by atomic mass is 79.9. The lowest BCUT2D eigenvalue weighted by Crippen LogP contribution is -2.48. The van der Waals surface area contributed by atoms with Gasteiger partial charge in [0.25, 0.3) is 5.91 Å². The second-order valence-corrected chi connectivity index (χ2v) is 8.53. The van der Waals surface area contributed by atoms with Crippen LogP contribution in [0, 0.1) is 5.82 Å². The molecule has 0 aromatic heterocycles. The van der Waals surface area contributed by atoms with Gasteiger partial charge in [-0.25, -0.2) is 9.18 Å². The molecule has 1 fully saturated rings. The molecule has 2 aromatic rings. The molecule has 152 valence electrons. The van der Waals surface area contributed by atoms with E-state index < -0.39 is 11.9 Å². The molecule has 0 unspecified atom stereocenters. The van der Waals surface area contributed by atoms with Gasteiger partial charge in [0.2, 0.25) is 0 Å². The number of halogens is 3. The van der Waals surface area contributed by atoms with Crippen LogP contribution in [0.2, 0.25) is 5.02 Å². The number of amides is 3. The molecule has 2 aliphatic heterocycles. The van der Waals surface area contributed by atoms with Crippen LogP contribution in [0.15, 0.2) is 34.8 Å². The Labute approximate surface area is 181 Å². The van der Waals surface area contributed by atoms with E-state index in [4.69, 9.17) is 11.6 Å². The van der Waals surface area contributed by atoms with Crippen LogP contribution in [0.5, 0.6) is 0 Å². The lowest BCUT2D eigenvalue weighted by Gasteiger charge is -2.32. The summed E-state index contributed by atoms with van der Waals surface area (Å²) in [6.45, 7) is 2.83. The molecule has 0 radical (unpaired) electrons. The molecule has 2 aromatic carbocycles. The van der Waals surface area contributed by atoms with Crippen LogP contribution in [0.4, 0.5) is 14.9 Å². The Kier molecular flexibility index (Phi) is 5.50. The van der Waals surface area contributed by atoms with Crippen molar-refractivity contribution < 1.29 is 14.0 Å². The first-order chi connectivity index (χ1) is 13.8. The number of carbonyl (C=O) groups is 2. The lowest BCUT2D eigenvalue weighted by atomic mass is 9.96. The summed E-state index contributed by atoms with van der Waals surface area (Å²) < 4.78 is 14.5. The molecule has 2 aliphatic rings. The maximum atomic E-state index is 13.9. The third-order valence-corrected chi connectivity index (χ3v) is 6.06. The second kappa shape index (κ2) is 7.93. The van der Waals surface area contributed by atoms with E-state index in [1.807, 2.05) is 7.05 Å². The number of likely N-dealkylation sites (N-methyl/N-ethyl adjacent to an activating group) is 1. The number of nitrogens with zero attached hydrogens (tertiary/aromatic N) is 2. The van der Waals surface area contributed by atoms with Gasteiger partial charge in [-0.2, -0.15) is 0 Å². The number of nitrogens with one attached hydrogen (secondary N) is 2. The van der Waals surface area contributed by atoms with E-state index in [0.717, 1.165) is 13.1 Å². The Balaban J connectivity index is 1.71. The zero-order valence-corrected chi connectivity index (χ0v) is 18.0. The zero-order valence-electron chi connectivity index (χ0n) is 15.6. The van der Waals surface area contributed by atoms with E-state index in [1.54, 1.807) is 17.0 Å². The highest BCUT2D eigenvalue weighted by Gasteiger charge is 2.35. The molecule has 0 bridgehead atoms. The van der Waals surface area contributed by atoms with Crippen molar-refractivity contribution in [3.63, 3.8) is 0 Å². The summed E-state index contributed by atoms with van der Waals surface area (Å²) in [7, 11) is 2.01. The first-order valence-corrected chi connectivity index (χ1v) is 10.3. The average Bonchev–Trinajstić information content (AvgIpc) is 3.00. The average molecular weight is 482 g/mol. The standard InChI is InChI=1S/C20H19BrClFN4O2/c1-26-4-6-27(7-5-26)20(29)24-16-9-11(21)8-14-17(16)18(25-19(14)28)13-10-12(23)2-3-15(13)22/h2-3,8-10,18H,4-7H2,1H3,(H,24,29)(H,25,28)/t18-/m0/s1. The van der Waals surface area contributed by atoms with Gasteiger partial charge in [-0.15, -0.1) is 0 Å². The van der Waals surface area contributed by atoms with Crippen molar-refractivity contribution in [3.05, 3.63) is 62.3 Å². The summed E-state index contributed by atoms with van der Waals surface area (Å²) in [5, 5.41) is 6.12. The van der Waals surface area contributed by atoms with Crippen LogP contribution in [0.3, 0.4) is 0 Å². The first kappa shape index (κ1) is 20.1. The third-order valence-electron chi connectivity index (χ3n) is 5.25. The molecule has 2 N–H and O–H groups in total. The fraction of sp³-hybridized carbons (Fsp3) is 0.300. The summed E-state index contributed by atoms with van der Waals surface area (Å²) in [6, 6.07) is 6.56. The van der Waals surface area contributed by atoms with E-state index in [0.29, 0.717) is 45.0 Å². The Bertz CT molecular complexity index is 995. The number of urea groups is 1. The molecular formula is C20H19BrClFN4O2. The Morgan fingerprint density at radius 3 is 2.69 bits per heavy atom. The highest BCUT2D eigenvalue weighted by Crippen LogP contribution is 2.40. The van der Waals surface area contributed by atoms with Crippen LogP contribution >= 0.6 is 27.5 Å². The Morgan fingerprint density at radius 2 is 1.97 bits per heavy atom. The van der Waals surface area contributed by atoms with Crippen LogP contribution < -0.4 is 10.6 Å². The summed E-state index contributed by atoms with van der Waals surface area (Å²) in [5.74, 6) is -0.756. The lowest BCUT2D eigenvalue weighted by molar-refractivity contribution is 0.0960. The van der Waals surface area contributed by atoms with Crippen molar-refractivity contribution in [2.75, 3.05) is 38.5 Å². The summed E-state index contributed by atoms with van der Waals surface area (Å²) in [5.41, 5.74) is 1.92. The molecule has 4 rings (SSSR count). The second-order valence-electron chi connectivity index (χ2n) is 7.21. The van der Waals surface area contributed by atoms with Crippen molar-refractivity contribution in [1.29, 1.82) is 0 Å². The van der Waals surface area contributed by atoms with Gasteiger partial charge in [-0.1, -0.05) is 27.5 Å². The number of fused-ring (bicyclic) bond motifs is 1. The quantitative estimate of drug-likeness (QED) is 0.685. The molecule has 9 heteroatoms. The fourth-order valence-electron chi connectivity index (χ4n) is 3.67. The molecule has 2 heterocycles. The summed E-state index contributed by atoms with van der Waals surface area (Å²) in [6.07, 6.45) is 0. The van der Waals surface area contributed by atoms with Gasteiger partial charge in [-0.05, 0) is 37.4 Å². The van der Waals surface area contributed by atoms with Gasteiger partial charge >= 0.3 is 6.03 Å². The van der Waals surface area contributed by atoms with E-state index in [2.05, 4.69) is 31.5 Å². The SMILES string of the molecule is CN1CCN(C(=O)Nc2cc(Br)cc3c2[C@H](c2cc(F)ccc2Cl)NC3=O)CC1. The Hall–Kier alpha value is -2.16. The minimum atomic E-state index is -0.656. The zero-order chi connectivity index (χ0) is 20.7. The molecule has 0 aliphatic carbocycles. The maximum absolute atomic E-state index is 13.9. The van der Waals surface area contributed by atoms with Crippen molar-refractivity contribution in [2.24, 2.45) is 0 Å². The van der Waals surface area contributed by atoms with Crippen LogP contribution in [0.25, 0.3) is 0 Å². The molecule has 1 saturated heterocycles. The normalized spacial score (nSPS) is 19.1. The number of hydrogen-bond donors (Lipinski definition) is 2. The van der Waals surface area contributed by atoms with Gasteiger partial charge in [0.15, 0.2) is 0 Å². The van der Waals surface area contributed by atoms with Gasteiger partial charge in [0, 0.05) is 58.1 Å². The minimum absolute atomic E-state index is 0.234. The van der Waals surface area contributed by atoms with Crippen molar-refractivity contribution in [1.82, 2.24) is 15.1 Å². The smallest absolute Gasteiger partial charge is 0.321 e. The van der Waals surface area contributed by atoms with E-state index in [9.17, 15) is 14.0 Å². The molecule has 0 spiro atoms. The van der Waals surface area contributed by atoms with Crippen LogP contribution in [-0.4, -0.2) is 55.0 Å². The number of benzene rings is 2. The number of piperazine rings is 1. The van der Waals surface area contributed by atoms with Crippen LogP contribution in [-0.2, 0) is 0 Å². The van der Waals surface area contributed by atoms with E-state index in [-0.39, 0.29) is 11.9 Å². The molecule has 1 atom stereocenters. The predicted molar refractivity (Wildman–Crippen MR) is 113 cm³/mol. The van der Waals surface area contributed by atoms with Crippen molar-refractivity contribution >= 4 is 45.2 Å². The monoisotopic (exact) mass is 480 g/mol. The largest absolute Gasteiger partial charge is 0.341 e. The summed E-state index contributed by atoms with van der Waals surface area (Å²) >= 11 is 9.69. The van der Waals surface area contributed by atoms with E-state index >= 15 is 0 Å². The third kappa shape index (κ3) is 3.97. The number of hydrogen-bond acceptors (Lipinski definition) is 3. The topological polar surface area (TPSA) is 64.7 Å². The molecular weight excluding hydrogens is 463 g/mol. The fourth-order valence-corrected chi connectivity index (χ4v) is 4.36. The maximum Gasteiger partial charge on any atom is 0.321 e. The number of rotatable bonds is 2. The van der Waals surface area contributed by atoms with Gasteiger partial charge < -0.3 is 20.4 Å². The number of carbonyl (C=O) groups excluding carboxylic acids is 2. The van der Waals surface area contributed by atoms with Gasteiger partial charge in [0.05, 0.1) is 6.04 Å². The van der Waals surface area contributed by atoms with Crippen molar-refractivity contribution in [2.45, 2.75) is 6.04 Å². The van der Waals surface area contributed by atoms with Gasteiger partial charge in [-0.3, -0.25) is 4.79 Å². The van der Waals surface area contributed by atoms with Crippen LogP contribution in [0.1, 0.15) is 27.5 Å². The van der Waals surface area contributed by atoms with Gasteiger partial charge in [0.1, 0.15) is 5.82 Å². The summed E-state index contributed by atoms with van der Waals surface area (Å²) in [4.78, 5) is 29.3. The molecule has 6 nitrogen and oxygen atoms in total. The first-order valence-electron chi connectivity index (χ1n) is 9.17. The highest BCUT2D eigenvalue weighted by molar-refractivity contribution is 9.10. The number of anilines is 1. The minimum Gasteiger partial charge on any atom is -0.341 e. The van der Waals surface area contributed by atoms with Crippen molar-refractivity contribution in [3.8, 4) is 0 Å². The molecule has 3 amide bonds. The predicted octanol–water partition coefficient (Wildman–Crippen LogP) is 3.85. The van der Waals surface area contributed by atoms with E-state index in [1.165, 1.54) is 18.2 Å². The molecule has 0 saturated carbocycles. The molecule has 29 heavy (non-hydrogen) atoms. The Morgan fingerprint density at radius 1 is 1.24 bits per heavy atom.